The first-order valence-corrected chi connectivity index (χ1v) is 10.4. The second-order valence-corrected chi connectivity index (χ2v) is 7.90. The van der Waals surface area contributed by atoms with Crippen LogP contribution in [0.1, 0.15) is 21.7 Å². The molecular weight excluding hydrogens is 422 g/mol. The number of esters is 1. The van der Waals surface area contributed by atoms with Gasteiger partial charge in [0.1, 0.15) is 11.2 Å². The molecule has 5 heterocycles. The Kier molecular flexibility index (Phi) is 5.09. The molecule has 1 aliphatic rings. The van der Waals surface area contributed by atoms with E-state index in [9.17, 15) is 4.79 Å². The summed E-state index contributed by atoms with van der Waals surface area (Å²) in [6, 6.07) is 2.01. The summed E-state index contributed by atoms with van der Waals surface area (Å²) in [7, 11) is 6.99. The maximum Gasteiger partial charge on any atom is 0.360 e. The predicted molar refractivity (Wildman–Crippen MR) is 123 cm³/mol. The maximum absolute atomic E-state index is 12.7. The highest BCUT2D eigenvalue weighted by atomic mass is 16.5. The number of pyridine rings is 2. The van der Waals surface area contributed by atoms with Crippen LogP contribution < -0.4 is 10.6 Å². The zero-order chi connectivity index (χ0) is 23.1. The molecule has 4 aromatic heterocycles. The number of methoxy groups -OCH3 is 1. The van der Waals surface area contributed by atoms with E-state index in [1.807, 2.05) is 24.7 Å². The molecule has 5 rings (SSSR count). The first kappa shape index (κ1) is 20.8. The minimum Gasteiger partial charge on any atom is -0.464 e. The molecule has 0 bridgehead atoms. The van der Waals surface area contributed by atoms with Crippen molar-refractivity contribution in [1.82, 2.24) is 34.4 Å². The van der Waals surface area contributed by atoms with Gasteiger partial charge in [-0.05, 0) is 18.7 Å². The van der Waals surface area contributed by atoms with Gasteiger partial charge in [0.15, 0.2) is 17.3 Å². The van der Waals surface area contributed by atoms with Crippen molar-refractivity contribution in [2.45, 2.75) is 13.1 Å². The number of hydrogen-bond acceptors (Lipinski definition) is 10. The van der Waals surface area contributed by atoms with Gasteiger partial charge in [0.25, 0.3) is 0 Å². The second-order valence-electron chi connectivity index (χ2n) is 7.90. The van der Waals surface area contributed by atoms with Crippen molar-refractivity contribution in [1.29, 1.82) is 0 Å². The molecule has 4 aromatic rings. The van der Waals surface area contributed by atoms with Gasteiger partial charge >= 0.3 is 5.97 Å². The molecule has 0 unspecified atom stereocenters. The summed E-state index contributed by atoms with van der Waals surface area (Å²) >= 11 is 0. The number of aryl methyl sites for hydroxylation is 1. The van der Waals surface area contributed by atoms with Crippen LogP contribution in [-0.4, -0.2) is 61.6 Å². The largest absolute Gasteiger partial charge is 0.464 e. The van der Waals surface area contributed by atoms with Crippen molar-refractivity contribution < 1.29 is 9.53 Å². The molecule has 0 radical (unpaired) electrons. The summed E-state index contributed by atoms with van der Waals surface area (Å²) in [5, 5.41) is 6.27. The molecule has 0 saturated carbocycles. The number of hydrogen-bond donors (Lipinski definition) is 2. The minimum absolute atomic E-state index is 0.0528. The molecule has 33 heavy (non-hydrogen) atoms. The van der Waals surface area contributed by atoms with E-state index in [4.69, 9.17) is 4.74 Å². The normalized spacial score (nSPS) is 13.2. The quantitative estimate of drug-likeness (QED) is 0.442. The van der Waals surface area contributed by atoms with Crippen LogP contribution in [0, 0.1) is 0 Å². The third-order valence-electron chi connectivity index (χ3n) is 5.59. The summed E-state index contributed by atoms with van der Waals surface area (Å²) in [6.45, 7) is 1.63. The van der Waals surface area contributed by atoms with Crippen LogP contribution in [-0.2, 0) is 24.9 Å². The molecule has 0 aliphatic carbocycles. The molecule has 0 aromatic carbocycles. The third kappa shape index (κ3) is 3.61. The number of nitrogens with zero attached hydrogens (tertiary/aromatic N) is 7. The van der Waals surface area contributed by atoms with E-state index in [-0.39, 0.29) is 11.5 Å². The highest BCUT2D eigenvalue weighted by Crippen LogP contribution is 2.33. The Balaban J connectivity index is 1.62. The van der Waals surface area contributed by atoms with Gasteiger partial charge in [-0.25, -0.2) is 19.7 Å². The van der Waals surface area contributed by atoms with Crippen molar-refractivity contribution in [3.05, 3.63) is 47.9 Å². The summed E-state index contributed by atoms with van der Waals surface area (Å²) < 4.78 is 6.87. The fourth-order valence-corrected chi connectivity index (χ4v) is 3.97. The van der Waals surface area contributed by atoms with Gasteiger partial charge in [-0.15, -0.1) is 0 Å². The Bertz CT molecular complexity index is 1380. The van der Waals surface area contributed by atoms with Crippen LogP contribution in [0.5, 0.6) is 0 Å². The van der Waals surface area contributed by atoms with Gasteiger partial charge < -0.3 is 19.9 Å². The van der Waals surface area contributed by atoms with Crippen molar-refractivity contribution in [3.8, 4) is 11.3 Å². The van der Waals surface area contributed by atoms with Gasteiger partial charge in [0, 0.05) is 33.4 Å². The van der Waals surface area contributed by atoms with Crippen molar-refractivity contribution in [3.63, 3.8) is 0 Å². The Morgan fingerprint density at radius 2 is 1.94 bits per heavy atom. The van der Waals surface area contributed by atoms with Crippen LogP contribution in [0.4, 0.5) is 17.3 Å². The van der Waals surface area contributed by atoms with Gasteiger partial charge in [0.05, 0.1) is 48.3 Å². The molecule has 0 atom stereocenters. The fourth-order valence-electron chi connectivity index (χ4n) is 3.97. The van der Waals surface area contributed by atoms with E-state index >= 15 is 0 Å². The Labute approximate surface area is 189 Å². The summed E-state index contributed by atoms with van der Waals surface area (Å²) in [5.74, 6) is 0.132. The monoisotopic (exact) mass is 445 g/mol. The number of nitrogens with one attached hydrogen (secondary N) is 2. The molecule has 0 saturated heterocycles. The molecule has 11 nitrogen and oxygen atoms in total. The van der Waals surface area contributed by atoms with E-state index in [0.717, 1.165) is 29.9 Å². The average Bonchev–Trinajstić information content (AvgIpc) is 3.39. The van der Waals surface area contributed by atoms with Gasteiger partial charge in [-0.2, -0.15) is 0 Å². The highest BCUT2D eigenvalue weighted by molar-refractivity contribution is 5.98. The zero-order valence-corrected chi connectivity index (χ0v) is 18.7. The van der Waals surface area contributed by atoms with Gasteiger partial charge in [-0.1, -0.05) is 0 Å². The van der Waals surface area contributed by atoms with E-state index in [0.29, 0.717) is 28.3 Å². The molecule has 11 heteroatoms. The van der Waals surface area contributed by atoms with Crippen LogP contribution >= 0.6 is 0 Å². The van der Waals surface area contributed by atoms with Crippen LogP contribution in [0.15, 0.2) is 31.0 Å². The Morgan fingerprint density at radius 3 is 2.73 bits per heavy atom. The highest BCUT2D eigenvalue weighted by Gasteiger charge is 2.24. The van der Waals surface area contributed by atoms with Crippen LogP contribution in [0.3, 0.4) is 0 Å². The summed E-state index contributed by atoms with van der Waals surface area (Å²) in [4.78, 5) is 37.5. The number of carbonyl (C=O) groups is 1. The molecule has 1 aliphatic heterocycles. The van der Waals surface area contributed by atoms with E-state index in [1.165, 1.54) is 7.11 Å². The molecular formula is C22H23N9O2. The number of ether oxygens (including phenoxy) is 1. The SMILES string of the molecule is CNc1nc(Nc2cnc3c(c2)CN(C)C3)c(C(=O)OC)nc1-c1cncc2c1ncn2C. The lowest BCUT2D eigenvalue weighted by Crippen LogP contribution is -2.13. The molecule has 168 valence electrons. The van der Waals surface area contributed by atoms with E-state index < -0.39 is 5.97 Å². The lowest BCUT2D eigenvalue weighted by Gasteiger charge is -2.15. The Morgan fingerprint density at radius 1 is 1.09 bits per heavy atom. The smallest absolute Gasteiger partial charge is 0.360 e. The zero-order valence-electron chi connectivity index (χ0n) is 18.7. The summed E-state index contributed by atoms with van der Waals surface area (Å²) in [5.41, 5.74) is 5.61. The molecule has 2 N–H and O–H groups in total. The lowest BCUT2D eigenvalue weighted by atomic mass is 10.1. The summed E-state index contributed by atoms with van der Waals surface area (Å²) in [6.07, 6.45) is 6.83. The number of rotatable bonds is 5. The maximum atomic E-state index is 12.7. The number of aromatic nitrogens is 6. The topological polar surface area (TPSA) is 123 Å². The average molecular weight is 445 g/mol. The number of anilines is 3. The second kappa shape index (κ2) is 8.10. The standard InChI is InChI=1S/C22H23N9O2/c1-23-20-18(14-7-24-8-16-17(14)26-11-31(16)3)28-19(22(32)33-4)21(29-20)27-13-5-12-9-30(2)10-15(12)25-6-13/h5-8,11H,9-10H2,1-4H3,(H2,23,27,29). The van der Waals surface area contributed by atoms with Crippen molar-refractivity contribution >= 4 is 34.3 Å². The first-order valence-electron chi connectivity index (χ1n) is 10.4. The lowest BCUT2D eigenvalue weighted by molar-refractivity contribution is 0.0595. The molecule has 0 spiro atoms. The fraction of sp³-hybridized carbons (Fsp3) is 0.273. The van der Waals surface area contributed by atoms with Gasteiger partial charge in [0.2, 0.25) is 0 Å². The van der Waals surface area contributed by atoms with E-state index in [2.05, 4.69) is 40.5 Å². The number of imidazole rings is 1. The molecule has 0 fully saturated rings. The predicted octanol–water partition coefficient (Wildman–Crippen LogP) is 2.34. The third-order valence-corrected chi connectivity index (χ3v) is 5.59. The van der Waals surface area contributed by atoms with Gasteiger partial charge in [-0.3, -0.25) is 14.9 Å². The van der Waals surface area contributed by atoms with Crippen LogP contribution in [0.25, 0.3) is 22.3 Å². The number of fused-ring (bicyclic) bond motifs is 2. The van der Waals surface area contributed by atoms with Crippen LogP contribution in [0.2, 0.25) is 0 Å². The Hall–Kier alpha value is -4.12. The van der Waals surface area contributed by atoms with Crippen molar-refractivity contribution in [2.24, 2.45) is 7.05 Å². The van der Waals surface area contributed by atoms with Crippen molar-refractivity contribution in [2.75, 3.05) is 31.8 Å². The van der Waals surface area contributed by atoms with E-state index in [1.54, 1.807) is 32.0 Å². The first-order chi connectivity index (χ1) is 16.0. The molecule has 0 amide bonds. The minimum atomic E-state index is -0.607. The number of carbonyl (C=O) groups excluding carboxylic acids is 1.